The number of aryl methyl sites for hydroxylation is 1. The van der Waals surface area contributed by atoms with Gasteiger partial charge < -0.3 is 11.1 Å². The van der Waals surface area contributed by atoms with Gasteiger partial charge in [0.25, 0.3) is 0 Å². The van der Waals surface area contributed by atoms with Crippen LogP contribution < -0.4 is 11.1 Å². The molecule has 104 valence electrons. The van der Waals surface area contributed by atoms with E-state index in [2.05, 4.69) is 11.4 Å². The zero-order valence-corrected chi connectivity index (χ0v) is 13.3. The van der Waals surface area contributed by atoms with Crippen molar-refractivity contribution >= 4 is 34.0 Å². The molecule has 0 atom stereocenters. The van der Waals surface area contributed by atoms with E-state index in [0.29, 0.717) is 22.1 Å². The van der Waals surface area contributed by atoms with Gasteiger partial charge in [-0.3, -0.25) is 4.79 Å². The Morgan fingerprint density at radius 3 is 2.68 bits per heavy atom. The van der Waals surface area contributed by atoms with Crippen LogP contribution in [0.25, 0.3) is 0 Å². The molecule has 0 saturated carbocycles. The molecule has 3 N–H and O–H groups in total. The standard InChI is InChI=1S/C13H19N3OS2/c1-8-9(2)19-12(10(8)5-14)16-11(17)6-18-7-13(3,4)15/h6-7,15H2,1-4H3,(H,16,17). The molecule has 0 spiro atoms. The summed E-state index contributed by atoms with van der Waals surface area (Å²) in [4.78, 5) is 12.9. The van der Waals surface area contributed by atoms with E-state index in [1.165, 1.54) is 23.1 Å². The molecule has 1 aromatic heterocycles. The lowest BCUT2D eigenvalue weighted by Gasteiger charge is -2.17. The summed E-state index contributed by atoms with van der Waals surface area (Å²) in [6.45, 7) is 7.70. The van der Waals surface area contributed by atoms with Gasteiger partial charge in [0.05, 0.1) is 11.3 Å². The highest BCUT2D eigenvalue weighted by atomic mass is 32.2. The summed E-state index contributed by atoms with van der Waals surface area (Å²) in [7, 11) is 0. The minimum atomic E-state index is -0.279. The monoisotopic (exact) mass is 297 g/mol. The maximum atomic E-state index is 11.8. The summed E-state index contributed by atoms with van der Waals surface area (Å²) in [5.74, 6) is 0.974. The third-order valence-corrected chi connectivity index (χ3v) is 4.99. The van der Waals surface area contributed by atoms with Crippen molar-refractivity contribution in [3.05, 3.63) is 16.0 Å². The number of nitrogens with zero attached hydrogens (tertiary/aromatic N) is 1. The molecule has 0 saturated heterocycles. The highest BCUT2D eigenvalue weighted by Gasteiger charge is 2.16. The first-order valence-electron chi connectivity index (χ1n) is 5.91. The van der Waals surface area contributed by atoms with Crippen LogP contribution in [0.1, 0.15) is 29.9 Å². The van der Waals surface area contributed by atoms with Gasteiger partial charge in [0.2, 0.25) is 5.91 Å². The number of nitrogens with two attached hydrogens (primary N) is 1. The number of carbonyl (C=O) groups excluding carboxylic acids is 1. The van der Waals surface area contributed by atoms with Gasteiger partial charge in [0.1, 0.15) is 11.1 Å². The highest BCUT2D eigenvalue weighted by Crippen LogP contribution is 2.31. The molecule has 0 aliphatic heterocycles. The Labute approximate surface area is 122 Å². The van der Waals surface area contributed by atoms with Crippen molar-refractivity contribution in [2.75, 3.05) is 16.8 Å². The van der Waals surface area contributed by atoms with E-state index in [0.717, 1.165) is 10.4 Å². The number of hydrogen-bond acceptors (Lipinski definition) is 5. The van der Waals surface area contributed by atoms with Crippen LogP contribution in [0.15, 0.2) is 0 Å². The van der Waals surface area contributed by atoms with Gasteiger partial charge in [-0.2, -0.15) is 17.0 Å². The van der Waals surface area contributed by atoms with Crippen molar-refractivity contribution in [1.82, 2.24) is 0 Å². The van der Waals surface area contributed by atoms with Crippen LogP contribution in [0.2, 0.25) is 0 Å². The number of nitrogens with one attached hydrogen (secondary N) is 1. The molecule has 6 heteroatoms. The summed E-state index contributed by atoms with van der Waals surface area (Å²) in [5, 5.41) is 12.5. The minimum Gasteiger partial charge on any atom is -0.325 e. The molecule has 1 aromatic rings. The Kier molecular flexibility index (Phi) is 5.41. The first kappa shape index (κ1) is 16.0. The zero-order valence-electron chi connectivity index (χ0n) is 11.7. The Morgan fingerprint density at radius 2 is 2.16 bits per heavy atom. The van der Waals surface area contributed by atoms with E-state index in [4.69, 9.17) is 11.0 Å². The predicted octanol–water partition coefficient (Wildman–Crippen LogP) is 2.65. The Balaban J connectivity index is 2.59. The Morgan fingerprint density at radius 1 is 1.53 bits per heavy atom. The van der Waals surface area contributed by atoms with Crippen LogP contribution in [0.5, 0.6) is 0 Å². The number of thioether (sulfide) groups is 1. The fourth-order valence-electron chi connectivity index (χ4n) is 1.42. The van der Waals surface area contributed by atoms with Gasteiger partial charge in [-0.1, -0.05) is 0 Å². The number of anilines is 1. The van der Waals surface area contributed by atoms with E-state index in [1.54, 1.807) is 0 Å². The van der Waals surface area contributed by atoms with Crippen molar-refractivity contribution in [1.29, 1.82) is 5.26 Å². The highest BCUT2D eigenvalue weighted by molar-refractivity contribution is 8.00. The fourth-order valence-corrected chi connectivity index (χ4v) is 3.33. The molecule has 0 aliphatic rings. The molecule has 0 radical (unpaired) electrons. The molecular weight excluding hydrogens is 278 g/mol. The molecule has 0 fully saturated rings. The van der Waals surface area contributed by atoms with Crippen LogP contribution >= 0.6 is 23.1 Å². The largest absolute Gasteiger partial charge is 0.325 e. The van der Waals surface area contributed by atoms with Crippen molar-refractivity contribution in [3.63, 3.8) is 0 Å². The molecule has 0 aliphatic carbocycles. The van der Waals surface area contributed by atoms with Crippen LogP contribution in [0, 0.1) is 25.2 Å². The van der Waals surface area contributed by atoms with Gasteiger partial charge in [-0.25, -0.2) is 0 Å². The van der Waals surface area contributed by atoms with Crippen LogP contribution in [0.3, 0.4) is 0 Å². The van der Waals surface area contributed by atoms with Gasteiger partial charge >= 0.3 is 0 Å². The van der Waals surface area contributed by atoms with E-state index in [1.807, 2.05) is 27.7 Å². The maximum absolute atomic E-state index is 11.8. The molecule has 1 rings (SSSR count). The Hall–Kier alpha value is -1.03. The van der Waals surface area contributed by atoms with Gasteiger partial charge in [-0.15, -0.1) is 11.3 Å². The lowest BCUT2D eigenvalue weighted by atomic mass is 10.1. The third-order valence-electron chi connectivity index (χ3n) is 2.46. The number of hydrogen-bond donors (Lipinski definition) is 2. The molecule has 19 heavy (non-hydrogen) atoms. The third kappa shape index (κ3) is 4.86. The first-order valence-corrected chi connectivity index (χ1v) is 7.88. The Bertz CT molecular complexity index is 509. The van der Waals surface area contributed by atoms with Crippen LogP contribution in [-0.4, -0.2) is 23.0 Å². The summed E-state index contributed by atoms with van der Waals surface area (Å²) >= 11 is 2.94. The lowest BCUT2D eigenvalue weighted by molar-refractivity contribution is -0.113. The maximum Gasteiger partial charge on any atom is 0.235 e. The van der Waals surface area contributed by atoms with E-state index in [9.17, 15) is 4.79 Å². The molecule has 0 unspecified atom stereocenters. The smallest absolute Gasteiger partial charge is 0.235 e. The van der Waals surface area contributed by atoms with Crippen molar-refractivity contribution < 1.29 is 4.79 Å². The molecule has 0 aromatic carbocycles. The van der Waals surface area contributed by atoms with Crippen molar-refractivity contribution in [2.24, 2.45) is 5.73 Å². The quantitative estimate of drug-likeness (QED) is 0.875. The molecule has 0 bridgehead atoms. The topological polar surface area (TPSA) is 78.9 Å². The van der Waals surface area contributed by atoms with E-state index < -0.39 is 0 Å². The molecular formula is C13H19N3OS2. The number of thiophene rings is 1. The van der Waals surface area contributed by atoms with E-state index in [-0.39, 0.29) is 11.4 Å². The minimum absolute atomic E-state index is 0.0907. The van der Waals surface area contributed by atoms with E-state index >= 15 is 0 Å². The molecule has 4 nitrogen and oxygen atoms in total. The van der Waals surface area contributed by atoms with Crippen molar-refractivity contribution in [2.45, 2.75) is 33.2 Å². The second-order valence-corrected chi connectivity index (χ2v) is 7.34. The molecule has 1 heterocycles. The zero-order chi connectivity index (χ0) is 14.6. The first-order chi connectivity index (χ1) is 8.74. The summed E-state index contributed by atoms with van der Waals surface area (Å²) in [6, 6.07) is 2.14. The van der Waals surface area contributed by atoms with Crippen molar-refractivity contribution in [3.8, 4) is 6.07 Å². The summed E-state index contributed by atoms with van der Waals surface area (Å²) < 4.78 is 0. The summed E-state index contributed by atoms with van der Waals surface area (Å²) in [6.07, 6.45) is 0. The average Bonchev–Trinajstić information content (AvgIpc) is 2.52. The number of rotatable bonds is 5. The van der Waals surface area contributed by atoms with Gasteiger partial charge in [0, 0.05) is 16.2 Å². The second-order valence-electron chi connectivity index (χ2n) is 5.13. The number of carbonyl (C=O) groups is 1. The SMILES string of the molecule is Cc1sc(NC(=O)CSCC(C)(C)N)c(C#N)c1C. The second kappa shape index (κ2) is 6.42. The normalized spacial score (nSPS) is 11.2. The summed E-state index contributed by atoms with van der Waals surface area (Å²) in [5.41, 5.74) is 7.08. The average molecular weight is 297 g/mol. The van der Waals surface area contributed by atoms with Gasteiger partial charge in [0.15, 0.2) is 0 Å². The fraction of sp³-hybridized carbons (Fsp3) is 0.538. The number of amides is 1. The number of nitriles is 1. The lowest BCUT2D eigenvalue weighted by Crippen LogP contribution is -2.35. The van der Waals surface area contributed by atoms with Crippen LogP contribution in [0.4, 0.5) is 5.00 Å². The van der Waals surface area contributed by atoms with Crippen LogP contribution in [-0.2, 0) is 4.79 Å². The molecule has 1 amide bonds. The predicted molar refractivity (Wildman–Crippen MR) is 82.7 cm³/mol. The van der Waals surface area contributed by atoms with Gasteiger partial charge in [-0.05, 0) is 33.3 Å².